The van der Waals surface area contributed by atoms with Crippen LogP contribution in [0.3, 0.4) is 0 Å². The number of rotatable bonds is 4. The number of fused-ring (bicyclic) bond motifs is 2. The van der Waals surface area contributed by atoms with E-state index in [4.69, 9.17) is 0 Å². The van der Waals surface area contributed by atoms with Gasteiger partial charge in [-0.2, -0.15) is 0 Å². The standard InChI is InChI=1S/C25H20N2O3/c1-26-20-14-8-7-13-19(20)22(23(26)16-9-3-2-4-10-16)24-17-11-5-6-12-18(17)25(30)27(24)15-21(28)29/h2-14,24H,15H2,1H3,(H,28,29)/t24-/m1/s1. The number of amides is 1. The summed E-state index contributed by atoms with van der Waals surface area (Å²) >= 11 is 0. The smallest absolute Gasteiger partial charge is 0.323 e. The van der Waals surface area contributed by atoms with Crippen LogP contribution in [0.5, 0.6) is 0 Å². The fourth-order valence-electron chi connectivity index (χ4n) is 4.63. The highest BCUT2D eigenvalue weighted by atomic mass is 16.4. The van der Waals surface area contributed by atoms with E-state index in [9.17, 15) is 14.7 Å². The molecule has 0 saturated carbocycles. The Morgan fingerprint density at radius 2 is 1.60 bits per heavy atom. The Morgan fingerprint density at radius 1 is 0.933 bits per heavy atom. The van der Waals surface area contributed by atoms with Crippen molar-refractivity contribution < 1.29 is 14.7 Å². The van der Waals surface area contributed by atoms with Crippen LogP contribution in [-0.4, -0.2) is 33.0 Å². The van der Waals surface area contributed by atoms with Gasteiger partial charge in [-0.1, -0.05) is 66.7 Å². The fourth-order valence-corrected chi connectivity index (χ4v) is 4.63. The number of carboxylic acids is 1. The summed E-state index contributed by atoms with van der Waals surface area (Å²) < 4.78 is 2.13. The number of aryl methyl sites for hydroxylation is 1. The maximum atomic E-state index is 13.2. The van der Waals surface area contributed by atoms with E-state index >= 15 is 0 Å². The van der Waals surface area contributed by atoms with Crippen molar-refractivity contribution in [2.24, 2.45) is 7.05 Å². The van der Waals surface area contributed by atoms with Crippen molar-refractivity contribution in [3.63, 3.8) is 0 Å². The van der Waals surface area contributed by atoms with Gasteiger partial charge >= 0.3 is 5.97 Å². The van der Waals surface area contributed by atoms with E-state index in [-0.39, 0.29) is 12.5 Å². The molecule has 1 atom stereocenters. The summed E-state index contributed by atoms with van der Waals surface area (Å²) in [7, 11) is 2.01. The van der Waals surface area contributed by atoms with Crippen LogP contribution in [0.25, 0.3) is 22.2 Å². The molecule has 2 heterocycles. The van der Waals surface area contributed by atoms with Gasteiger partial charge in [0, 0.05) is 29.1 Å². The van der Waals surface area contributed by atoms with E-state index < -0.39 is 12.0 Å². The zero-order chi connectivity index (χ0) is 20.8. The first-order chi connectivity index (χ1) is 14.6. The molecule has 1 aromatic heterocycles. The molecule has 0 saturated heterocycles. The SMILES string of the molecule is Cn1c(-c2ccccc2)c([C@H]2c3ccccc3C(=O)N2CC(=O)O)c2ccccc21. The third-order valence-corrected chi connectivity index (χ3v) is 5.83. The van der Waals surface area contributed by atoms with Crippen molar-refractivity contribution >= 4 is 22.8 Å². The summed E-state index contributed by atoms with van der Waals surface area (Å²) in [5, 5.41) is 10.6. The number of carbonyl (C=O) groups is 2. The molecule has 1 aliphatic rings. The Morgan fingerprint density at radius 3 is 2.37 bits per heavy atom. The molecule has 5 rings (SSSR count). The van der Waals surface area contributed by atoms with Crippen molar-refractivity contribution in [2.75, 3.05) is 6.54 Å². The maximum Gasteiger partial charge on any atom is 0.323 e. The zero-order valence-electron chi connectivity index (χ0n) is 16.4. The first-order valence-corrected chi connectivity index (χ1v) is 9.82. The fraction of sp³-hybridized carbons (Fsp3) is 0.120. The molecule has 3 aromatic carbocycles. The van der Waals surface area contributed by atoms with Crippen LogP contribution < -0.4 is 0 Å². The Bertz CT molecular complexity index is 1290. The Balaban J connectivity index is 1.86. The number of aliphatic carboxylic acids is 1. The van der Waals surface area contributed by atoms with Crippen LogP contribution in [0.4, 0.5) is 0 Å². The lowest BCUT2D eigenvalue weighted by Crippen LogP contribution is -2.34. The molecule has 4 aromatic rings. The minimum Gasteiger partial charge on any atom is -0.480 e. The third kappa shape index (κ3) is 2.63. The quantitative estimate of drug-likeness (QED) is 0.553. The predicted molar refractivity (Wildman–Crippen MR) is 115 cm³/mol. The monoisotopic (exact) mass is 396 g/mol. The van der Waals surface area contributed by atoms with Crippen LogP contribution in [0.2, 0.25) is 0 Å². The van der Waals surface area contributed by atoms with E-state index in [1.54, 1.807) is 6.07 Å². The lowest BCUT2D eigenvalue weighted by atomic mass is 9.93. The molecule has 5 heteroatoms. The van der Waals surface area contributed by atoms with Gasteiger partial charge in [0.25, 0.3) is 5.91 Å². The molecule has 0 radical (unpaired) electrons. The van der Waals surface area contributed by atoms with E-state index in [2.05, 4.69) is 10.6 Å². The van der Waals surface area contributed by atoms with Crippen LogP contribution >= 0.6 is 0 Å². The Kier molecular flexibility index (Phi) is 4.17. The van der Waals surface area contributed by atoms with Gasteiger partial charge in [-0.25, -0.2) is 0 Å². The number of nitrogens with zero attached hydrogens (tertiary/aromatic N) is 2. The molecule has 0 bridgehead atoms. The van der Waals surface area contributed by atoms with E-state index in [0.29, 0.717) is 5.56 Å². The summed E-state index contributed by atoms with van der Waals surface area (Å²) in [6.45, 7) is -0.352. The van der Waals surface area contributed by atoms with E-state index in [0.717, 1.165) is 33.3 Å². The molecule has 1 amide bonds. The van der Waals surface area contributed by atoms with Gasteiger partial charge in [-0.05, 0) is 23.3 Å². The molecule has 5 nitrogen and oxygen atoms in total. The van der Waals surface area contributed by atoms with Gasteiger partial charge in [0.05, 0.1) is 11.7 Å². The van der Waals surface area contributed by atoms with Gasteiger partial charge in [-0.3, -0.25) is 9.59 Å². The van der Waals surface area contributed by atoms with Gasteiger partial charge < -0.3 is 14.6 Å². The number of hydrogen-bond acceptors (Lipinski definition) is 2. The van der Waals surface area contributed by atoms with Crippen molar-refractivity contribution in [1.29, 1.82) is 0 Å². The lowest BCUT2D eigenvalue weighted by Gasteiger charge is -2.25. The molecule has 1 N–H and O–H groups in total. The number of aromatic nitrogens is 1. The van der Waals surface area contributed by atoms with Gasteiger partial charge in [-0.15, -0.1) is 0 Å². The van der Waals surface area contributed by atoms with Crippen molar-refractivity contribution in [3.8, 4) is 11.3 Å². The van der Waals surface area contributed by atoms with Gasteiger partial charge in [0.2, 0.25) is 0 Å². The summed E-state index contributed by atoms with van der Waals surface area (Å²) in [6, 6.07) is 25.0. The first-order valence-electron chi connectivity index (χ1n) is 9.82. The average Bonchev–Trinajstić information content (AvgIpc) is 3.20. The van der Waals surface area contributed by atoms with Gasteiger partial charge in [0.1, 0.15) is 6.54 Å². The van der Waals surface area contributed by atoms with Crippen LogP contribution in [0, 0.1) is 0 Å². The van der Waals surface area contributed by atoms with E-state index in [1.807, 2.05) is 73.8 Å². The van der Waals surface area contributed by atoms with Crippen LogP contribution in [0.1, 0.15) is 27.5 Å². The summed E-state index contributed by atoms with van der Waals surface area (Å²) in [5.41, 5.74) is 5.42. The second kappa shape index (κ2) is 6.88. The highest BCUT2D eigenvalue weighted by molar-refractivity contribution is 6.03. The molecule has 30 heavy (non-hydrogen) atoms. The number of carbonyl (C=O) groups excluding carboxylic acids is 1. The van der Waals surface area contributed by atoms with Crippen molar-refractivity contribution in [3.05, 3.63) is 95.6 Å². The second-order valence-corrected chi connectivity index (χ2v) is 7.52. The number of benzene rings is 3. The molecular formula is C25H20N2O3. The highest BCUT2D eigenvalue weighted by Gasteiger charge is 2.41. The highest BCUT2D eigenvalue weighted by Crippen LogP contribution is 2.46. The molecule has 1 aliphatic heterocycles. The zero-order valence-corrected chi connectivity index (χ0v) is 16.4. The molecule has 148 valence electrons. The Hall–Kier alpha value is -3.86. The summed E-state index contributed by atoms with van der Waals surface area (Å²) in [5.74, 6) is -1.27. The predicted octanol–water partition coefficient (Wildman–Crippen LogP) is 4.48. The van der Waals surface area contributed by atoms with Crippen LogP contribution in [-0.2, 0) is 11.8 Å². The third-order valence-electron chi connectivity index (χ3n) is 5.83. The lowest BCUT2D eigenvalue weighted by molar-refractivity contribution is -0.138. The normalized spacial score (nSPS) is 15.6. The summed E-state index contributed by atoms with van der Waals surface area (Å²) in [4.78, 5) is 26.3. The second-order valence-electron chi connectivity index (χ2n) is 7.52. The Labute approximate surface area is 173 Å². The minimum atomic E-state index is -1.03. The average molecular weight is 396 g/mol. The largest absolute Gasteiger partial charge is 0.480 e. The molecule has 0 spiro atoms. The topological polar surface area (TPSA) is 62.5 Å². The number of hydrogen-bond donors (Lipinski definition) is 1. The van der Waals surface area contributed by atoms with Crippen molar-refractivity contribution in [2.45, 2.75) is 6.04 Å². The van der Waals surface area contributed by atoms with Gasteiger partial charge in [0.15, 0.2) is 0 Å². The van der Waals surface area contributed by atoms with Crippen molar-refractivity contribution in [1.82, 2.24) is 9.47 Å². The number of carboxylic acid groups (broad SMARTS) is 1. The molecular weight excluding hydrogens is 376 g/mol. The molecule has 0 aliphatic carbocycles. The maximum absolute atomic E-state index is 13.2. The number of para-hydroxylation sites is 1. The summed E-state index contributed by atoms with van der Waals surface area (Å²) in [6.07, 6.45) is 0. The minimum absolute atomic E-state index is 0.245. The van der Waals surface area contributed by atoms with E-state index in [1.165, 1.54) is 4.90 Å². The van der Waals surface area contributed by atoms with Crippen LogP contribution in [0.15, 0.2) is 78.9 Å². The molecule has 0 fully saturated rings. The molecule has 0 unspecified atom stereocenters. The first kappa shape index (κ1) is 18.2.